The fourth-order valence-corrected chi connectivity index (χ4v) is 3.18. The molecule has 6 heteroatoms. The van der Waals surface area contributed by atoms with Crippen LogP contribution in [0.2, 0.25) is 0 Å². The summed E-state index contributed by atoms with van der Waals surface area (Å²) in [5.74, 6) is -0.410. The maximum absolute atomic E-state index is 12.6. The summed E-state index contributed by atoms with van der Waals surface area (Å²) < 4.78 is 5.06. The van der Waals surface area contributed by atoms with Crippen LogP contribution < -0.4 is 10.6 Å². The fourth-order valence-electron chi connectivity index (χ4n) is 3.18. The second-order valence-electron chi connectivity index (χ2n) is 6.65. The van der Waals surface area contributed by atoms with Crippen LogP contribution in [-0.4, -0.2) is 42.4 Å². The van der Waals surface area contributed by atoms with Gasteiger partial charge in [0.25, 0.3) is 5.91 Å². The van der Waals surface area contributed by atoms with Gasteiger partial charge in [0.1, 0.15) is 6.04 Å². The lowest BCUT2D eigenvalue weighted by Crippen LogP contribution is -2.47. The van der Waals surface area contributed by atoms with Crippen molar-refractivity contribution in [2.24, 2.45) is 0 Å². The molecule has 0 bridgehead atoms. The minimum atomic E-state index is -0.655. The second-order valence-corrected chi connectivity index (χ2v) is 6.65. The van der Waals surface area contributed by atoms with Crippen LogP contribution in [-0.2, 0) is 4.79 Å². The Labute approximate surface area is 153 Å². The van der Waals surface area contributed by atoms with Gasteiger partial charge in [-0.15, -0.1) is 0 Å². The lowest BCUT2D eigenvalue weighted by molar-refractivity contribution is -0.123. The molecule has 2 unspecified atom stereocenters. The number of likely N-dealkylation sites (tertiary alicyclic amines) is 1. The molecule has 1 aromatic carbocycles. The Morgan fingerprint density at radius 1 is 1.08 bits per heavy atom. The van der Waals surface area contributed by atoms with Gasteiger partial charge in [0.05, 0.1) is 12.3 Å². The molecule has 6 nitrogen and oxygen atoms in total. The van der Waals surface area contributed by atoms with Gasteiger partial charge in [-0.3, -0.25) is 9.59 Å². The van der Waals surface area contributed by atoms with E-state index in [2.05, 4.69) is 15.5 Å². The lowest BCUT2D eigenvalue weighted by atomic mass is 10.1. The first-order valence-corrected chi connectivity index (χ1v) is 9.05. The van der Waals surface area contributed by atoms with Crippen LogP contribution in [0.25, 0.3) is 0 Å². The van der Waals surface area contributed by atoms with Crippen molar-refractivity contribution in [2.45, 2.75) is 31.8 Å². The Morgan fingerprint density at radius 2 is 1.81 bits per heavy atom. The van der Waals surface area contributed by atoms with E-state index in [0.29, 0.717) is 0 Å². The van der Waals surface area contributed by atoms with Crippen molar-refractivity contribution < 1.29 is 14.0 Å². The molecule has 138 valence electrons. The minimum absolute atomic E-state index is 0.107. The van der Waals surface area contributed by atoms with E-state index in [1.807, 2.05) is 30.3 Å². The third-order valence-electron chi connectivity index (χ3n) is 4.64. The number of nitrogens with one attached hydrogen (secondary N) is 2. The molecule has 2 heterocycles. The standard InChI is InChI=1S/C20H25N3O3/c1-15(21-20(25)18-10-7-13-26-18)19(24)22-17(14-23-11-5-6-12-23)16-8-3-2-4-9-16/h2-4,7-10,13,15,17H,5-6,11-12,14H2,1H3,(H,21,25)(H,22,24). The summed E-state index contributed by atoms with van der Waals surface area (Å²) in [6.07, 6.45) is 3.83. The molecule has 26 heavy (non-hydrogen) atoms. The van der Waals surface area contributed by atoms with Crippen molar-refractivity contribution in [1.82, 2.24) is 15.5 Å². The lowest BCUT2D eigenvalue weighted by Gasteiger charge is -2.26. The summed E-state index contributed by atoms with van der Waals surface area (Å²) in [6, 6.07) is 12.4. The summed E-state index contributed by atoms with van der Waals surface area (Å²) in [7, 11) is 0. The van der Waals surface area contributed by atoms with Crippen LogP contribution in [0.5, 0.6) is 0 Å². The molecule has 1 aliphatic rings. The van der Waals surface area contributed by atoms with Gasteiger partial charge in [-0.05, 0) is 50.6 Å². The van der Waals surface area contributed by atoms with E-state index in [0.717, 1.165) is 25.2 Å². The van der Waals surface area contributed by atoms with Gasteiger partial charge in [-0.1, -0.05) is 30.3 Å². The summed E-state index contributed by atoms with van der Waals surface area (Å²) in [5.41, 5.74) is 1.07. The van der Waals surface area contributed by atoms with Gasteiger partial charge in [0.2, 0.25) is 5.91 Å². The normalized spacial score (nSPS) is 16.8. The quantitative estimate of drug-likeness (QED) is 0.799. The largest absolute Gasteiger partial charge is 0.459 e. The van der Waals surface area contributed by atoms with Crippen LogP contribution in [0.1, 0.15) is 41.9 Å². The first-order chi connectivity index (χ1) is 12.6. The van der Waals surface area contributed by atoms with Crippen molar-refractivity contribution >= 4 is 11.8 Å². The second kappa shape index (κ2) is 8.67. The summed E-state index contributed by atoms with van der Waals surface area (Å²) >= 11 is 0. The van der Waals surface area contributed by atoms with Crippen molar-refractivity contribution in [2.75, 3.05) is 19.6 Å². The van der Waals surface area contributed by atoms with Crippen molar-refractivity contribution in [1.29, 1.82) is 0 Å². The van der Waals surface area contributed by atoms with Crippen LogP contribution in [0.3, 0.4) is 0 Å². The average Bonchev–Trinajstić information content (AvgIpc) is 3.35. The number of carbonyl (C=O) groups is 2. The average molecular weight is 355 g/mol. The highest BCUT2D eigenvalue weighted by Gasteiger charge is 2.24. The maximum Gasteiger partial charge on any atom is 0.287 e. The molecule has 0 spiro atoms. The van der Waals surface area contributed by atoms with E-state index >= 15 is 0 Å². The van der Waals surface area contributed by atoms with Gasteiger partial charge in [-0.2, -0.15) is 0 Å². The predicted octanol–water partition coefficient (Wildman–Crippen LogP) is 2.35. The van der Waals surface area contributed by atoms with Crippen molar-refractivity contribution in [3.8, 4) is 0 Å². The van der Waals surface area contributed by atoms with Gasteiger partial charge >= 0.3 is 0 Å². The number of furan rings is 1. The summed E-state index contributed by atoms with van der Waals surface area (Å²) in [4.78, 5) is 27.1. The first-order valence-electron chi connectivity index (χ1n) is 9.05. The molecule has 1 aromatic heterocycles. The fraction of sp³-hybridized carbons (Fsp3) is 0.400. The van der Waals surface area contributed by atoms with E-state index < -0.39 is 11.9 Å². The van der Waals surface area contributed by atoms with Gasteiger partial charge in [0, 0.05) is 6.54 Å². The highest BCUT2D eigenvalue weighted by molar-refractivity contribution is 5.95. The molecule has 2 atom stereocenters. The van der Waals surface area contributed by atoms with Crippen LogP contribution >= 0.6 is 0 Å². The molecule has 1 saturated heterocycles. The third kappa shape index (κ3) is 4.73. The SMILES string of the molecule is CC(NC(=O)c1ccco1)C(=O)NC(CN1CCCC1)c1ccccc1. The van der Waals surface area contributed by atoms with Gasteiger partial charge in [0.15, 0.2) is 5.76 Å². The maximum atomic E-state index is 12.6. The number of hydrogen-bond donors (Lipinski definition) is 2. The number of nitrogens with zero attached hydrogens (tertiary/aromatic N) is 1. The number of hydrogen-bond acceptors (Lipinski definition) is 4. The molecule has 1 aliphatic heterocycles. The Morgan fingerprint density at radius 3 is 2.46 bits per heavy atom. The highest BCUT2D eigenvalue weighted by atomic mass is 16.3. The smallest absolute Gasteiger partial charge is 0.287 e. The molecule has 2 N–H and O–H groups in total. The van der Waals surface area contributed by atoms with E-state index in [1.54, 1.807) is 19.1 Å². The summed E-state index contributed by atoms with van der Waals surface area (Å²) in [6.45, 7) is 4.57. The zero-order valence-electron chi connectivity index (χ0n) is 15.0. The molecule has 0 saturated carbocycles. The van der Waals surface area contributed by atoms with Crippen LogP contribution in [0.15, 0.2) is 53.1 Å². The van der Waals surface area contributed by atoms with Crippen LogP contribution in [0.4, 0.5) is 0 Å². The highest BCUT2D eigenvalue weighted by Crippen LogP contribution is 2.18. The van der Waals surface area contributed by atoms with Crippen LogP contribution in [0, 0.1) is 0 Å². The zero-order chi connectivity index (χ0) is 18.4. The van der Waals surface area contributed by atoms with Gasteiger partial charge in [-0.25, -0.2) is 0 Å². The Hall–Kier alpha value is -2.60. The number of rotatable bonds is 7. The predicted molar refractivity (Wildman–Crippen MR) is 98.6 cm³/mol. The molecular formula is C20H25N3O3. The topological polar surface area (TPSA) is 74.6 Å². The molecule has 0 radical (unpaired) electrons. The Kier molecular flexibility index (Phi) is 6.07. The number of carbonyl (C=O) groups excluding carboxylic acids is 2. The Bertz CT molecular complexity index is 709. The Balaban J connectivity index is 1.63. The molecule has 1 fully saturated rings. The third-order valence-corrected chi connectivity index (χ3v) is 4.64. The monoisotopic (exact) mass is 355 g/mol. The first kappa shape index (κ1) is 18.2. The molecule has 2 aromatic rings. The number of amides is 2. The molecular weight excluding hydrogens is 330 g/mol. The number of benzene rings is 1. The van der Waals surface area contributed by atoms with Gasteiger partial charge < -0.3 is 20.0 Å². The molecule has 3 rings (SSSR count). The van der Waals surface area contributed by atoms with E-state index in [1.165, 1.54) is 19.1 Å². The molecule has 0 aliphatic carbocycles. The van der Waals surface area contributed by atoms with E-state index in [9.17, 15) is 9.59 Å². The van der Waals surface area contributed by atoms with Crippen molar-refractivity contribution in [3.63, 3.8) is 0 Å². The molecule has 2 amide bonds. The van der Waals surface area contributed by atoms with E-state index in [-0.39, 0.29) is 17.7 Å². The zero-order valence-corrected chi connectivity index (χ0v) is 15.0. The minimum Gasteiger partial charge on any atom is -0.459 e. The van der Waals surface area contributed by atoms with E-state index in [4.69, 9.17) is 4.42 Å². The van der Waals surface area contributed by atoms with Crippen molar-refractivity contribution in [3.05, 3.63) is 60.1 Å². The summed E-state index contributed by atoms with van der Waals surface area (Å²) in [5, 5.41) is 5.76.